The number of aromatic nitrogens is 2. The maximum Gasteiger partial charge on any atom is 0.0521 e. The van der Waals surface area contributed by atoms with Crippen LogP contribution in [0.4, 0.5) is 0 Å². The number of nitrogens with two attached hydrogens (primary N) is 1. The van der Waals surface area contributed by atoms with Crippen molar-refractivity contribution in [2.45, 2.75) is 39.3 Å². The summed E-state index contributed by atoms with van der Waals surface area (Å²) in [5.41, 5.74) is 6.94. The lowest BCUT2D eigenvalue weighted by molar-refractivity contribution is 0.652. The van der Waals surface area contributed by atoms with Gasteiger partial charge in [-0.25, -0.2) is 0 Å². The summed E-state index contributed by atoms with van der Waals surface area (Å²) in [6.45, 7) is 5.06. The Balaban J connectivity index is 2.41. The van der Waals surface area contributed by atoms with Crippen molar-refractivity contribution in [1.82, 2.24) is 9.78 Å². The van der Waals surface area contributed by atoms with Crippen LogP contribution < -0.4 is 5.73 Å². The minimum absolute atomic E-state index is 0.287. The fourth-order valence-electron chi connectivity index (χ4n) is 1.10. The van der Waals surface area contributed by atoms with Gasteiger partial charge in [-0.1, -0.05) is 0 Å². The Bertz CT molecular complexity index is 227. The van der Waals surface area contributed by atoms with E-state index in [4.69, 9.17) is 5.73 Å². The Labute approximate surface area is 73.6 Å². The molecule has 0 unspecified atom stereocenters. The van der Waals surface area contributed by atoms with Crippen LogP contribution in [-0.4, -0.2) is 15.8 Å². The Morgan fingerprint density at radius 3 is 2.92 bits per heavy atom. The summed E-state index contributed by atoms with van der Waals surface area (Å²) in [7, 11) is 0. The van der Waals surface area contributed by atoms with Gasteiger partial charge in [-0.3, -0.25) is 4.68 Å². The van der Waals surface area contributed by atoms with Gasteiger partial charge in [0, 0.05) is 18.8 Å². The third kappa shape index (κ3) is 2.66. The molecule has 0 aliphatic heterocycles. The van der Waals surface area contributed by atoms with Crippen molar-refractivity contribution in [2.75, 3.05) is 0 Å². The normalized spacial score (nSPS) is 13.2. The largest absolute Gasteiger partial charge is 0.328 e. The Kier molecular flexibility index (Phi) is 3.29. The van der Waals surface area contributed by atoms with Crippen LogP contribution in [0.5, 0.6) is 0 Å². The van der Waals surface area contributed by atoms with E-state index in [0.29, 0.717) is 0 Å². The van der Waals surface area contributed by atoms with E-state index in [0.717, 1.165) is 19.4 Å². The van der Waals surface area contributed by atoms with Crippen LogP contribution in [-0.2, 0) is 13.0 Å². The third-order valence-corrected chi connectivity index (χ3v) is 1.90. The zero-order valence-electron chi connectivity index (χ0n) is 7.83. The summed E-state index contributed by atoms with van der Waals surface area (Å²) in [6.07, 6.45) is 6.08. The minimum atomic E-state index is 0.287. The summed E-state index contributed by atoms with van der Waals surface area (Å²) >= 11 is 0. The molecule has 1 aromatic rings. The van der Waals surface area contributed by atoms with Crippen LogP contribution in [0.3, 0.4) is 0 Å². The lowest BCUT2D eigenvalue weighted by Gasteiger charge is -2.01. The van der Waals surface area contributed by atoms with Crippen molar-refractivity contribution in [2.24, 2.45) is 5.73 Å². The van der Waals surface area contributed by atoms with E-state index in [2.05, 4.69) is 18.2 Å². The highest BCUT2D eigenvalue weighted by Crippen LogP contribution is 2.02. The van der Waals surface area contributed by atoms with E-state index in [9.17, 15) is 0 Å². The number of nitrogens with zero attached hydrogens (tertiary/aromatic N) is 2. The van der Waals surface area contributed by atoms with Crippen molar-refractivity contribution in [3.05, 3.63) is 18.0 Å². The van der Waals surface area contributed by atoms with E-state index < -0.39 is 0 Å². The molecule has 0 fully saturated rings. The van der Waals surface area contributed by atoms with Crippen LogP contribution in [0, 0.1) is 0 Å². The smallest absolute Gasteiger partial charge is 0.0521 e. The fraction of sp³-hybridized carbons (Fsp3) is 0.667. The second kappa shape index (κ2) is 4.26. The first-order valence-corrected chi connectivity index (χ1v) is 4.49. The molecule has 1 rings (SSSR count). The first-order chi connectivity index (χ1) is 5.72. The van der Waals surface area contributed by atoms with Crippen molar-refractivity contribution >= 4 is 0 Å². The molecule has 0 amide bonds. The van der Waals surface area contributed by atoms with Gasteiger partial charge < -0.3 is 5.73 Å². The lowest BCUT2D eigenvalue weighted by atomic mass is 10.1. The summed E-state index contributed by atoms with van der Waals surface area (Å²) in [5, 5.41) is 4.19. The van der Waals surface area contributed by atoms with Crippen molar-refractivity contribution in [3.8, 4) is 0 Å². The van der Waals surface area contributed by atoms with Gasteiger partial charge in [0.2, 0.25) is 0 Å². The zero-order valence-corrected chi connectivity index (χ0v) is 7.83. The molecule has 3 nitrogen and oxygen atoms in total. The first-order valence-electron chi connectivity index (χ1n) is 4.49. The second-order valence-electron chi connectivity index (χ2n) is 3.22. The topological polar surface area (TPSA) is 43.8 Å². The van der Waals surface area contributed by atoms with Crippen LogP contribution in [0.2, 0.25) is 0 Å². The molecule has 0 saturated heterocycles. The standard InChI is InChI=1S/C9H17N3/c1-3-12-7-9(6-11-12)5-4-8(2)10/h6-8H,3-5,10H2,1-2H3/t8-/m0/s1. The van der Waals surface area contributed by atoms with E-state index in [1.807, 2.05) is 17.8 Å². The quantitative estimate of drug-likeness (QED) is 0.732. The predicted octanol–water partition coefficient (Wildman–Crippen LogP) is 1.18. The van der Waals surface area contributed by atoms with E-state index in [1.165, 1.54) is 5.56 Å². The Morgan fingerprint density at radius 1 is 1.67 bits per heavy atom. The Hall–Kier alpha value is -0.830. The molecular formula is C9H17N3. The van der Waals surface area contributed by atoms with Gasteiger partial charge in [0.1, 0.15) is 0 Å². The molecule has 0 aliphatic carbocycles. The van der Waals surface area contributed by atoms with E-state index >= 15 is 0 Å². The third-order valence-electron chi connectivity index (χ3n) is 1.90. The highest BCUT2D eigenvalue weighted by Gasteiger charge is 1.99. The molecule has 0 saturated carbocycles. The van der Waals surface area contributed by atoms with Gasteiger partial charge >= 0.3 is 0 Å². The number of hydrogen-bond donors (Lipinski definition) is 1. The van der Waals surface area contributed by atoms with Gasteiger partial charge in [-0.2, -0.15) is 5.10 Å². The van der Waals surface area contributed by atoms with Crippen molar-refractivity contribution in [3.63, 3.8) is 0 Å². The molecule has 1 heterocycles. The van der Waals surface area contributed by atoms with Crippen LogP contribution in [0.15, 0.2) is 12.4 Å². The molecule has 0 bridgehead atoms. The first kappa shape index (κ1) is 9.26. The molecule has 68 valence electrons. The van der Waals surface area contributed by atoms with E-state index in [1.54, 1.807) is 0 Å². The maximum atomic E-state index is 5.65. The second-order valence-corrected chi connectivity index (χ2v) is 3.22. The van der Waals surface area contributed by atoms with Gasteiger partial charge in [0.05, 0.1) is 6.20 Å². The van der Waals surface area contributed by atoms with E-state index in [-0.39, 0.29) is 6.04 Å². The molecule has 0 spiro atoms. The van der Waals surface area contributed by atoms with Gasteiger partial charge in [-0.15, -0.1) is 0 Å². The summed E-state index contributed by atoms with van der Waals surface area (Å²) in [4.78, 5) is 0. The fourth-order valence-corrected chi connectivity index (χ4v) is 1.10. The van der Waals surface area contributed by atoms with Gasteiger partial charge in [0.25, 0.3) is 0 Å². The summed E-state index contributed by atoms with van der Waals surface area (Å²) in [6, 6.07) is 0.287. The molecule has 3 heteroatoms. The molecule has 0 aromatic carbocycles. The minimum Gasteiger partial charge on any atom is -0.328 e. The average molecular weight is 167 g/mol. The number of rotatable bonds is 4. The highest BCUT2D eigenvalue weighted by atomic mass is 15.3. The SMILES string of the molecule is CCn1cc(CC[C@H](C)N)cn1. The molecule has 1 atom stereocenters. The molecule has 0 aliphatic rings. The molecule has 1 aromatic heterocycles. The average Bonchev–Trinajstić information content (AvgIpc) is 2.48. The van der Waals surface area contributed by atoms with Crippen LogP contribution >= 0.6 is 0 Å². The Morgan fingerprint density at radius 2 is 2.42 bits per heavy atom. The number of hydrogen-bond acceptors (Lipinski definition) is 2. The molecular weight excluding hydrogens is 150 g/mol. The molecule has 0 radical (unpaired) electrons. The van der Waals surface area contributed by atoms with Crippen LogP contribution in [0.25, 0.3) is 0 Å². The van der Waals surface area contributed by atoms with Crippen molar-refractivity contribution < 1.29 is 0 Å². The van der Waals surface area contributed by atoms with Gasteiger partial charge in [0.15, 0.2) is 0 Å². The maximum absolute atomic E-state index is 5.65. The summed E-state index contributed by atoms with van der Waals surface area (Å²) in [5.74, 6) is 0. The number of aryl methyl sites for hydroxylation is 2. The molecule has 2 N–H and O–H groups in total. The van der Waals surface area contributed by atoms with Crippen molar-refractivity contribution in [1.29, 1.82) is 0 Å². The predicted molar refractivity (Wildman–Crippen MR) is 49.9 cm³/mol. The lowest BCUT2D eigenvalue weighted by Crippen LogP contribution is -2.15. The van der Waals surface area contributed by atoms with Gasteiger partial charge in [-0.05, 0) is 32.3 Å². The molecule has 12 heavy (non-hydrogen) atoms. The zero-order chi connectivity index (χ0) is 8.97. The van der Waals surface area contributed by atoms with Crippen LogP contribution in [0.1, 0.15) is 25.8 Å². The highest BCUT2D eigenvalue weighted by molar-refractivity contribution is 5.03. The monoisotopic (exact) mass is 167 g/mol. The summed E-state index contributed by atoms with van der Waals surface area (Å²) < 4.78 is 1.94.